The van der Waals surface area contributed by atoms with Gasteiger partial charge in [0, 0.05) is 18.0 Å². The van der Waals surface area contributed by atoms with Crippen molar-refractivity contribution in [3.05, 3.63) is 28.8 Å². The number of anilines is 1. The number of rotatable bonds is 11. The van der Waals surface area contributed by atoms with E-state index in [1.165, 1.54) is 25.1 Å². The Kier molecular flexibility index (Phi) is 11.7. The number of nitrogen functional groups attached to an aromatic ring is 1. The lowest BCUT2D eigenvalue weighted by molar-refractivity contribution is -0.211. The second-order valence-electron chi connectivity index (χ2n) is 10.3. The molecular formula is C26H40ClN3O8S. The van der Waals surface area contributed by atoms with E-state index in [1.54, 1.807) is 0 Å². The van der Waals surface area contributed by atoms with Gasteiger partial charge in [0.25, 0.3) is 0 Å². The molecule has 11 nitrogen and oxygen atoms in total. The lowest BCUT2D eigenvalue weighted by Gasteiger charge is -2.44. The molecule has 220 valence electrons. The molecule has 2 aliphatic heterocycles. The van der Waals surface area contributed by atoms with Crippen molar-refractivity contribution < 1.29 is 39.5 Å². The SMILES string of the molecule is CCC[C@@H]1C[C@@H](C(=O)N[C@@H]([C@H]2O[C@H](SCCOC(=O)c3ccc(N)cc3Cl)[C@H](O)[C@@H](O)[C@H]2O)[C@@H](C)O)N(C)C1. The molecule has 3 rings (SSSR count). The molecule has 0 bridgehead atoms. The van der Waals surface area contributed by atoms with Crippen molar-refractivity contribution in [2.45, 2.75) is 81.1 Å². The molecule has 0 aliphatic carbocycles. The monoisotopic (exact) mass is 589 g/mol. The van der Waals surface area contributed by atoms with Crippen molar-refractivity contribution >= 4 is 40.9 Å². The van der Waals surface area contributed by atoms with Crippen LogP contribution in [0.2, 0.25) is 5.02 Å². The predicted octanol–water partition coefficient (Wildman–Crippen LogP) is 0.606. The molecule has 2 heterocycles. The number of nitrogens with two attached hydrogens (primary N) is 1. The van der Waals surface area contributed by atoms with Crippen LogP contribution in [0.25, 0.3) is 0 Å². The third-order valence-corrected chi connectivity index (χ3v) is 8.67. The summed E-state index contributed by atoms with van der Waals surface area (Å²) >= 11 is 7.10. The summed E-state index contributed by atoms with van der Waals surface area (Å²) in [5.41, 5.74) is 5.19. The largest absolute Gasteiger partial charge is 0.461 e. The summed E-state index contributed by atoms with van der Waals surface area (Å²) in [6.07, 6.45) is -4.18. The van der Waals surface area contributed by atoms with Crippen LogP contribution in [0.15, 0.2) is 18.2 Å². The van der Waals surface area contributed by atoms with E-state index in [9.17, 15) is 30.0 Å². The number of hydrogen-bond donors (Lipinski definition) is 6. The Morgan fingerprint density at radius 1 is 1.28 bits per heavy atom. The molecule has 0 aromatic heterocycles. The van der Waals surface area contributed by atoms with E-state index in [0.29, 0.717) is 18.0 Å². The summed E-state index contributed by atoms with van der Waals surface area (Å²) in [5.74, 6) is -0.350. The molecule has 13 heteroatoms. The first-order chi connectivity index (χ1) is 18.4. The van der Waals surface area contributed by atoms with Gasteiger partial charge in [-0.25, -0.2) is 4.79 Å². The van der Waals surface area contributed by atoms with Crippen LogP contribution in [0.3, 0.4) is 0 Å². The fraction of sp³-hybridized carbons (Fsp3) is 0.692. The van der Waals surface area contributed by atoms with Crippen LogP contribution >= 0.6 is 23.4 Å². The first kappa shape index (κ1) is 31.9. The topological polar surface area (TPSA) is 175 Å². The Bertz CT molecular complexity index is 989. The number of likely N-dealkylation sites (tertiary alicyclic amines) is 1. The Hall–Kier alpha value is -1.64. The maximum absolute atomic E-state index is 13.1. The van der Waals surface area contributed by atoms with Crippen molar-refractivity contribution in [1.82, 2.24) is 10.2 Å². The number of carbonyl (C=O) groups excluding carboxylic acids is 2. The third-order valence-electron chi connectivity index (χ3n) is 7.24. The van der Waals surface area contributed by atoms with Crippen LogP contribution in [0.5, 0.6) is 0 Å². The van der Waals surface area contributed by atoms with Gasteiger partial charge in [0.2, 0.25) is 5.91 Å². The molecule has 2 aliphatic rings. The van der Waals surface area contributed by atoms with Crippen LogP contribution < -0.4 is 11.1 Å². The van der Waals surface area contributed by atoms with Crippen LogP contribution in [0, 0.1) is 5.92 Å². The first-order valence-electron chi connectivity index (χ1n) is 13.2. The smallest absolute Gasteiger partial charge is 0.339 e. The number of esters is 1. The molecule has 0 unspecified atom stereocenters. The van der Waals surface area contributed by atoms with Gasteiger partial charge in [0.05, 0.1) is 28.8 Å². The third kappa shape index (κ3) is 7.98. The average molecular weight is 590 g/mol. The molecule has 39 heavy (non-hydrogen) atoms. The Labute approximate surface area is 238 Å². The van der Waals surface area contributed by atoms with Gasteiger partial charge in [-0.15, -0.1) is 11.8 Å². The molecule has 2 saturated heterocycles. The Morgan fingerprint density at radius 2 is 2.00 bits per heavy atom. The van der Waals surface area contributed by atoms with Crippen molar-refractivity contribution in [3.8, 4) is 0 Å². The quantitative estimate of drug-likeness (QED) is 0.121. The predicted molar refractivity (Wildman–Crippen MR) is 148 cm³/mol. The van der Waals surface area contributed by atoms with Crippen molar-refractivity contribution in [2.75, 3.05) is 31.7 Å². The minimum atomic E-state index is -1.58. The maximum Gasteiger partial charge on any atom is 0.339 e. The summed E-state index contributed by atoms with van der Waals surface area (Å²) in [6.45, 7) is 4.31. The number of hydrogen-bond acceptors (Lipinski definition) is 11. The fourth-order valence-electron chi connectivity index (χ4n) is 5.15. The van der Waals surface area contributed by atoms with Gasteiger partial charge in [0.1, 0.15) is 36.5 Å². The average Bonchev–Trinajstić information content (AvgIpc) is 3.25. The number of nitrogens with one attached hydrogen (secondary N) is 1. The number of ether oxygens (including phenoxy) is 2. The van der Waals surface area contributed by atoms with Crippen LogP contribution in [0.1, 0.15) is 43.5 Å². The fourth-order valence-corrected chi connectivity index (χ4v) is 6.39. The van der Waals surface area contributed by atoms with E-state index < -0.39 is 48.0 Å². The summed E-state index contributed by atoms with van der Waals surface area (Å²) in [4.78, 5) is 27.4. The molecule has 0 saturated carbocycles. The standard InChI is InChI=1S/C26H40ClN3O8S/c1-4-5-14-10-18(30(3)12-14)24(35)29-19(13(2)31)23-21(33)20(32)22(34)26(38-23)39-9-8-37-25(36)16-7-6-15(28)11-17(16)27/h6-7,11,13-14,18-23,26,31-34H,4-5,8-10,12,28H2,1-3H3,(H,29,35)/t13-,14-,18+,19-,20+,21-,22-,23-,26-/m1/s1. The van der Waals surface area contributed by atoms with E-state index in [-0.39, 0.29) is 34.9 Å². The number of thioether (sulfide) groups is 1. The molecule has 7 N–H and O–H groups in total. The summed E-state index contributed by atoms with van der Waals surface area (Å²) in [6, 6.07) is 3.01. The van der Waals surface area contributed by atoms with Gasteiger partial charge in [-0.3, -0.25) is 9.69 Å². The number of carbonyl (C=O) groups is 2. The highest BCUT2D eigenvalue weighted by Gasteiger charge is 2.49. The van der Waals surface area contributed by atoms with Crippen LogP contribution in [0.4, 0.5) is 5.69 Å². The number of nitrogens with zero attached hydrogens (tertiary/aromatic N) is 1. The van der Waals surface area contributed by atoms with Crippen molar-refractivity contribution in [3.63, 3.8) is 0 Å². The molecule has 1 aromatic rings. The minimum absolute atomic E-state index is 0.0520. The number of aliphatic hydroxyl groups excluding tert-OH is 4. The number of benzene rings is 1. The van der Waals surface area contributed by atoms with Gasteiger partial charge in [-0.05, 0) is 50.9 Å². The second kappa shape index (κ2) is 14.3. The zero-order chi connectivity index (χ0) is 28.9. The molecule has 1 aromatic carbocycles. The summed E-state index contributed by atoms with van der Waals surface area (Å²) in [5, 5.41) is 45.2. The van der Waals surface area contributed by atoms with Crippen LogP contribution in [-0.4, -0.2) is 111 Å². The van der Waals surface area contributed by atoms with Crippen molar-refractivity contribution in [2.24, 2.45) is 5.92 Å². The van der Waals surface area contributed by atoms with E-state index in [1.807, 2.05) is 11.9 Å². The van der Waals surface area contributed by atoms with Crippen LogP contribution in [-0.2, 0) is 14.3 Å². The Balaban J connectivity index is 1.59. The zero-order valence-electron chi connectivity index (χ0n) is 22.4. The summed E-state index contributed by atoms with van der Waals surface area (Å²) in [7, 11) is 1.88. The molecule has 0 radical (unpaired) electrons. The molecule has 9 atom stereocenters. The number of aliphatic hydroxyl groups is 4. The molecule has 1 amide bonds. The Morgan fingerprint density at radius 3 is 2.64 bits per heavy atom. The highest BCUT2D eigenvalue weighted by atomic mass is 35.5. The highest BCUT2D eigenvalue weighted by Crippen LogP contribution is 2.32. The van der Waals surface area contributed by atoms with E-state index in [4.69, 9.17) is 26.8 Å². The van der Waals surface area contributed by atoms with Crippen molar-refractivity contribution in [1.29, 1.82) is 0 Å². The first-order valence-corrected chi connectivity index (χ1v) is 14.6. The van der Waals surface area contributed by atoms with Gasteiger partial charge >= 0.3 is 5.97 Å². The van der Waals surface area contributed by atoms with E-state index in [2.05, 4.69) is 12.2 Å². The zero-order valence-corrected chi connectivity index (χ0v) is 24.0. The van der Waals surface area contributed by atoms with E-state index >= 15 is 0 Å². The number of amides is 1. The minimum Gasteiger partial charge on any atom is -0.461 e. The van der Waals surface area contributed by atoms with Gasteiger partial charge < -0.3 is 41.0 Å². The van der Waals surface area contributed by atoms with E-state index in [0.717, 1.165) is 31.1 Å². The normalized spacial score (nSPS) is 31.0. The maximum atomic E-state index is 13.1. The number of likely N-dealkylation sites (N-methyl/N-ethyl adjacent to an activating group) is 1. The highest BCUT2D eigenvalue weighted by molar-refractivity contribution is 7.99. The lowest BCUT2D eigenvalue weighted by atomic mass is 9.92. The number of halogens is 1. The van der Waals surface area contributed by atoms with Gasteiger partial charge in [-0.2, -0.15) is 0 Å². The molecule has 2 fully saturated rings. The van der Waals surface area contributed by atoms with Gasteiger partial charge in [0.15, 0.2) is 0 Å². The second-order valence-corrected chi connectivity index (χ2v) is 11.9. The lowest BCUT2D eigenvalue weighted by Crippen LogP contribution is -2.65. The molecular weight excluding hydrogens is 550 g/mol. The molecule has 0 spiro atoms. The summed E-state index contributed by atoms with van der Waals surface area (Å²) < 4.78 is 11.2. The van der Waals surface area contributed by atoms with Gasteiger partial charge in [-0.1, -0.05) is 24.9 Å².